The standard InChI is InChI=1S/C10H8Cl2S3/c11-9-7(1-3-14-9)5-13-6-8-2-4-15-10(8)12/h1-4H,5-6H2. The topological polar surface area (TPSA) is 0 Å². The van der Waals surface area contributed by atoms with E-state index in [9.17, 15) is 0 Å². The van der Waals surface area contributed by atoms with Crippen LogP contribution < -0.4 is 0 Å². The van der Waals surface area contributed by atoms with E-state index < -0.39 is 0 Å². The third-order valence-corrected chi connectivity index (χ3v) is 5.43. The van der Waals surface area contributed by atoms with Crippen LogP contribution in [0.5, 0.6) is 0 Å². The number of hydrogen-bond donors (Lipinski definition) is 0. The molecule has 0 saturated heterocycles. The van der Waals surface area contributed by atoms with Crippen molar-refractivity contribution < 1.29 is 0 Å². The van der Waals surface area contributed by atoms with Gasteiger partial charge in [0.2, 0.25) is 0 Å². The number of rotatable bonds is 4. The maximum absolute atomic E-state index is 6.01. The van der Waals surface area contributed by atoms with Gasteiger partial charge in [-0.25, -0.2) is 0 Å². The zero-order chi connectivity index (χ0) is 10.7. The largest absolute Gasteiger partial charge is 0.152 e. The van der Waals surface area contributed by atoms with Gasteiger partial charge >= 0.3 is 0 Å². The highest BCUT2D eigenvalue weighted by Gasteiger charge is 2.04. The molecule has 0 aliphatic rings. The van der Waals surface area contributed by atoms with Crippen LogP contribution in [-0.4, -0.2) is 0 Å². The fourth-order valence-electron chi connectivity index (χ4n) is 1.11. The van der Waals surface area contributed by atoms with E-state index in [1.54, 1.807) is 22.7 Å². The Bertz CT molecular complexity index is 393. The molecule has 0 saturated carbocycles. The molecule has 0 aliphatic carbocycles. The van der Waals surface area contributed by atoms with Crippen molar-refractivity contribution in [3.05, 3.63) is 42.7 Å². The van der Waals surface area contributed by atoms with E-state index in [0.717, 1.165) is 20.2 Å². The van der Waals surface area contributed by atoms with E-state index in [0.29, 0.717) is 0 Å². The Morgan fingerprint density at radius 1 is 0.933 bits per heavy atom. The van der Waals surface area contributed by atoms with Crippen molar-refractivity contribution in [2.45, 2.75) is 11.5 Å². The summed E-state index contributed by atoms with van der Waals surface area (Å²) >= 11 is 17.0. The van der Waals surface area contributed by atoms with Crippen LogP contribution in [0.15, 0.2) is 22.9 Å². The Morgan fingerprint density at radius 3 is 1.73 bits per heavy atom. The SMILES string of the molecule is Clc1sccc1CSCc1ccsc1Cl. The first-order valence-corrected chi connectivity index (χ1v) is 7.96. The molecule has 15 heavy (non-hydrogen) atoms. The molecule has 0 unspecified atom stereocenters. The summed E-state index contributed by atoms with van der Waals surface area (Å²) in [4.78, 5) is 0. The number of halogens is 2. The summed E-state index contributed by atoms with van der Waals surface area (Å²) in [6, 6.07) is 4.16. The summed E-state index contributed by atoms with van der Waals surface area (Å²) < 4.78 is 1.80. The van der Waals surface area contributed by atoms with E-state index in [-0.39, 0.29) is 0 Å². The second-order valence-corrected chi connectivity index (χ2v) is 6.95. The number of hydrogen-bond acceptors (Lipinski definition) is 3. The van der Waals surface area contributed by atoms with Gasteiger partial charge in [0.15, 0.2) is 0 Å². The average Bonchev–Trinajstić information content (AvgIpc) is 2.78. The molecule has 0 nitrogen and oxygen atoms in total. The number of thiophene rings is 2. The first-order valence-electron chi connectivity index (χ1n) is 4.29. The second kappa shape index (κ2) is 5.60. The van der Waals surface area contributed by atoms with Crippen molar-refractivity contribution in [3.63, 3.8) is 0 Å². The van der Waals surface area contributed by atoms with Crippen LogP contribution in [0.3, 0.4) is 0 Å². The van der Waals surface area contributed by atoms with Crippen molar-refractivity contribution in [1.82, 2.24) is 0 Å². The smallest absolute Gasteiger partial charge is 0.0968 e. The summed E-state index contributed by atoms with van der Waals surface area (Å²) in [5, 5.41) is 4.05. The van der Waals surface area contributed by atoms with Crippen LogP contribution in [0.25, 0.3) is 0 Å². The minimum Gasteiger partial charge on any atom is -0.152 e. The van der Waals surface area contributed by atoms with Gasteiger partial charge in [-0.1, -0.05) is 23.2 Å². The predicted molar refractivity (Wildman–Crippen MR) is 73.7 cm³/mol. The Hall–Kier alpha value is 0.330. The molecule has 2 aromatic heterocycles. The van der Waals surface area contributed by atoms with Gasteiger partial charge < -0.3 is 0 Å². The molecule has 2 rings (SSSR count). The van der Waals surface area contributed by atoms with Crippen molar-refractivity contribution in [1.29, 1.82) is 0 Å². The molecular formula is C10H8Cl2S3. The van der Waals surface area contributed by atoms with Gasteiger partial charge in [0, 0.05) is 11.5 Å². The van der Waals surface area contributed by atoms with Crippen LogP contribution in [0.2, 0.25) is 8.67 Å². The first kappa shape index (κ1) is 11.8. The first-order chi connectivity index (χ1) is 7.27. The van der Waals surface area contributed by atoms with Crippen LogP contribution in [0, 0.1) is 0 Å². The van der Waals surface area contributed by atoms with Crippen LogP contribution in [-0.2, 0) is 11.5 Å². The molecule has 0 radical (unpaired) electrons. The van der Waals surface area contributed by atoms with Gasteiger partial charge in [0.1, 0.15) is 0 Å². The monoisotopic (exact) mass is 294 g/mol. The maximum atomic E-state index is 6.01. The molecule has 5 heteroatoms. The second-order valence-electron chi connectivity index (χ2n) is 2.93. The van der Waals surface area contributed by atoms with Gasteiger partial charge in [0.25, 0.3) is 0 Å². The molecule has 0 atom stereocenters. The summed E-state index contributed by atoms with van der Waals surface area (Å²) in [6.07, 6.45) is 0. The molecule has 2 aromatic rings. The molecule has 2 heterocycles. The van der Waals surface area contributed by atoms with Gasteiger partial charge in [-0.3, -0.25) is 0 Å². The Kier molecular flexibility index (Phi) is 4.40. The lowest BCUT2D eigenvalue weighted by atomic mass is 10.4. The molecule has 0 aromatic carbocycles. The van der Waals surface area contributed by atoms with Gasteiger partial charge in [-0.15, -0.1) is 22.7 Å². The molecule has 0 N–H and O–H groups in total. The van der Waals surface area contributed by atoms with Gasteiger partial charge in [-0.05, 0) is 34.0 Å². The van der Waals surface area contributed by atoms with Gasteiger partial charge in [0.05, 0.1) is 8.67 Å². The van der Waals surface area contributed by atoms with E-state index in [2.05, 4.69) is 12.1 Å². The van der Waals surface area contributed by atoms with Gasteiger partial charge in [-0.2, -0.15) is 11.8 Å². The lowest BCUT2D eigenvalue weighted by Crippen LogP contribution is -1.80. The van der Waals surface area contributed by atoms with Crippen LogP contribution in [0.4, 0.5) is 0 Å². The summed E-state index contributed by atoms with van der Waals surface area (Å²) in [5.41, 5.74) is 2.44. The highest BCUT2D eigenvalue weighted by Crippen LogP contribution is 2.30. The molecule has 0 fully saturated rings. The Morgan fingerprint density at radius 2 is 1.40 bits per heavy atom. The number of thioether (sulfide) groups is 1. The van der Waals surface area contributed by atoms with Crippen molar-refractivity contribution in [2.75, 3.05) is 0 Å². The highest BCUT2D eigenvalue weighted by molar-refractivity contribution is 7.97. The third-order valence-electron chi connectivity index (χ3n) is 1.90. The van der Waals surface area contributed by atoms with Crippen LogP contribution >= 0.6 is 57.6 Å². The minimum atomic E-state index is 0.902. The fourth-order valence-corrected chi connectivity index (χ4v) is 4.33. The lowest BCUT2D eigenvalue weighted by molar-refractivity contribution is 1.41. The van der Waals surface area contributed by atoms with E-state index in [1.807, 2.05) is 22.5 Å². The predicted octanol–water partition coefficient (Wildman–Crippen LogP) is 5.55. The zero-order valence-corrected chi connectivity index (χ0v) is 11.7. The quantitative estimate of drug-likeness (QED) is 0.712. The normalized spacial score (nSPS) is 10.8. The molecule has 0 spiro atoms. The van der Waals surface area contributed by atoms with E-state index in [1.165, 1.54) is 11.1 Å². The molecule has 0 bridgehead atoms. The van der Waals surface area contributed by atoms with E-state index in [4.69, 9.17) is 23.2 Å². The zero-order valence-electron chi connectivity index (χ0n) is 7.70. The summed E-state index contributed by atoms with van der Waals surface area (Å²) in [7, 11) is 0. The Labute approximate surface area is 111 Å². The molecular weight excluding hydrogens is 287 g/mol. The molecule has 0 aliphatic heterocycles. The Balaban J connectivity index is 1.86. The minimum absolute atomic E-state index is 0.902. The van der Waals surface area contributed by atoms with Crippen molar-refractivity contribution in [3.8, 4) is 0 Å². The van der Waals surface area contributed by atoms with E-state index >= 15 is 0 Å². The maximum Gasteiger partial charge on any atom is 0.0968 e. The van der Waals surface area contributed by atoms with Crippen molar-refractivity contribution >= 4 is 57.6 Å². The average molecular weight is 295 g/mol. The third kappa shape index (κ3) is 3.14. The highest BCUT2D eigenvalue weighted by atomic mass is 35.5. The van der Waals surface area contributed by atoms with Crippen molar-refractivity contribution in [2.24, 2.45) is 0 Å². The summed E-state index contributed by atoms with van der Waals surface area (Å²) in [5.74, 6) is 1.91. The molecule has 0 amide bonds. The lowest BCUT2D eigenvalue weighted by Gasteiger charge is -1.99. The fraction of sp³-hybridized carbons (Fsp3) is 0.200. The summed E-state index contributed by atoms with van der Waals surface area (Å²) in [6.45, 7) is 0. The molecule has 80 valence electrons. The van der Waals surface area contributed by atoms with Crippen LogP contribution in [0.1, 0.15) is 11.1 Å².